The Balaban J connectivity index is 2.16. The first-order valence-electron chi connectivity index (χ1n) is 5.06. The fourth-order valence-corrected chi connectivity index (χ4v) is 2.15. The van der Waals surface area contributed by atoms with E-state index in [0.717, 1.165) is 18.8 Å². The van der Waals surface area contributed by atoms with E-state index in [1.807, 2.05) is 11.0 Å². The van der Waals surface area contributed by atoms with Crippen molar-refractivity contribution in [3.05, 3.63) is 17.5 Å². The maximum absolute atomic E-state index is 9.66. The number of halogens is 1. The molecule has 82 valence electrons. The number of nitrogens with zero attached hydrogens (tertiary/aromatic N) is 3. The Kier molecular flexibility index (Phi) is 3.07. The van der Waals surface area contributed by atoms with Gasteiger partial charge in [0.2, 0.25) is 5.28 Å². The van der Waals surface area contributed by atoms with Crippen molar-refractivity contribution in [3.8, 4) is 0 Å². The van der Waals surface area contributed by atoms with Crippen LogP contribution in [0, 0.1) is 5.92 Å². The Morgan fingerprint density at radius 3 is 3.00 bits per heavy atom. The molecule has 1 aliphatic heterocycles. The number of hydrogen-bond donors (Lipinski definition) is 1. The number of aliphatic hydroxyl groups excluding tert-OH is 1. The normalized spacial score (nSPS) is 26.7. The summed E-state index contributed by atoms with van der Waals surface area (Å²) in [5.74, 6) is 1.27. The zero-order valence-electron chi connectivity index (χ0n) is 8.60. The first kappa shape index (κ1) is 10.6. The van der Waals surface area contributed by atoms with E-state index < -0.39 is 0 Å². The third-order valence-corrected chi connectivity index (χ3v) is 2.76. The van der Waals surface area contributed by atoms with Crippen molar-refractivity contribution in [3.63, 3.8) is 0 Å². The quantitative estimate of drug-likeness (QED) is 0.736. The fourth-order valence-electron chi connectivity index (χ4n) is 2.01. The van der Waals surface area contributed by atoms with E-state index in [9.17, 15) is 5.11 Å². The van der Waals surface area contributed by atoms with Crippen molar-refractivity contribution in [2.45, 2.75) is 19.4 Å². The Hall–Kier alpha value is -0.870. The molecule has 0 amide bonds. The van der Waals surface area contributed by atoms with E-state index >= 15 is 0 Å². The van der Waals surface area contributed by atoms with Crippen LogP contribution in [-0.2, 0) is 0 Å². The highest BCUT2D eigenvalue weighted by Crippen LogP contribution is 2.21. The summed E-state index contributed by atoms with van der Waals surface area (Å²) in [5, 5.41) is 9.91. The van der Waals surface area contributed by atoms with Crippen LogP contribution in [0.1, 0.15) is 13.3 Å². The summed E-state index contributed by atoms with van der Waals surface area (Å²) in [5.41, 5.74) is 0. The molecule has 0 spiro atoms. The second kappa shape index (κ2) is 4.33. The third kappa shape index (κ3) is 2.58. The van der Waals surface area contributed by atoms with E-state index in [-0.39, 0.29) is 11.4 Å². The SMILES string of the molecule is C[C@@H]1C[C@H](O)CN(c2ccnc(Cl)n2)C1. The standard InChI is InChI=1S/C10H14ClN3O/c1-7-4-8(15)6-14(5-7)9-2-3-12-10(11)13-9/h2-3,7-8,15H,4-6H2,1H3/t7-,8+/m1/s1. The Morgan fingerprint density at radius 1 is 1.53 bits per heavy atom. The largest absolute Gasteiger partial charge is 0.391 e. The summed E-state index contributed by atoms with van der Waals surface area (Å²) in [6.07, 6.45) is 2.22. The van der Waals surface area contributed by atoms with Gasteiger partial charge in [-0.15, -0.1) is 0 Å². The molecule has 0 radical (unpaired) electrons. The van der Waals surface area contributed by atoms with Crippen LogP contribution >= 0.6 is 11.6 Å². The highest BCUT2D eigenvalue weighted by molar-refractivity contribution is 6.28. The average molecular weight is 228 g/mol. The molecule has 0 saturated carbocycles. The molecule has 1 fully saturated rings. The predicted octanol–water partition coefficient (Wildman–Crippen LogP) is 1.34. The molecule has 5 heteroatoms. The number of aromatic nitrogens is 2. The number of β-amino-alcohol motifs (C(OH)–C–C–N with tert-alkyl or cyclic N) is 1. The molecular weight excluding hydrogens is 214 g/mol. The smallest absolute Gasteiger partial charge is 0.224 e. The molecule has 0 aromatic carbocycles. The highest BCUT2D eigenvalue weighted by atomic mass is 35.5. The van der Waals surface area contributed by atoms with Gasteiger partial charge in [-0.25, -0.2) is 9.97 Å². The number of rotatable bonds is 1. The van der Waals surface area contributed by atoms with Crippen molar-refractivity contribution in [1.82, 2.24) is 9.97 Å². The van der Waals surface area contributed by atoms with E-state index in [2.05, 4.69) is 16.9 Å². The van der Waals surface area contributed by atoms with Crippen LogP contribution in [0.5, 0.6) is 0 Å². The van der Waals surface area contributed by atoms with Crippen LogP contribution in [0.15, 0.2) is 12.3 Å². The summed E-state index contributed by atoms with van der Waals surface area (Å²) in [4.78, 5) is 10.0. The first-order valence-corrected chi connectivity index (χ1v) is 5.44. The number of piperidine rings is 1. The van der Waals surface area contributed by atoms with E-state index in [0.29, 0.717) is 12.5 Å². The monoisotopic (exact) mass is 227 g/mol. The van der Waals surface area contributed by atoms with Gasteiger partial charge < -0.3 is 10.0 Å². The zero-order chi connectivity index (χ0) is 10.8. The average Bonchev–Trinajstić information content (AvgIpc) is 2.16. The molecule has 1 saturated heterocycles. The van der Waals surface area contributed by atoms with E-state index in [4.69, 9.17) is 11.6 Å². The molecule has 2 atom stereocenters. The molecule has 0 unspecified atom stereocenters. The lowest BCUT2D eigenvalue weighted by Gasteiger charge is -2.34. The lowest BCUT2D eigenvalue weighted by Crippen LogP contribution is -2.42. The number of aliphatic hydroxyl groups is 1. The van der Waals surface area contributed by atoms with E-state index in [1.54, 1.807) is 6.20 Å². The molecule has 1 aromatic rings. The lowest BCUT2D eigenvalue weighted by molar-refractivity contribution is 0.132. The minimum Gasteiger partial charge on any atom is -0.391 e. The first-order chi connectivity index (χ1) is 7.15. The van der Waals surface area contributed by atoms with Crippen LogP contribution in [0.3, 0.4) is 0 Å². The maximum Gasteiger partial charge on any atom is 0.224 e. The van der Waals surface area contributed by atoms with Gasteiger partial charge in [0.15, 0.2) is 0 Å². The van der Waals surface area contributed by atoms with Gasteiger partial charge in [-0.3, -0.25) is 0 Å². The Bertz CT molecular complexity index is 337. The highest BCUT2D eigenvalue weighted by Gasteiger charge is 2.23. The minimum atomic E-state index is -0.275. The summed E-state index contributed by atoms with van der Waals surface area (Å²) in [7, 11) is 0. The van der Waals surface area contributed by atoms with Gasteiger partial charge in [0.1, 0.15) is 5.82 Å². The molecule has 15 heavy (non-hydrogen) atoms. The molecular formula is C10H14ClN3O. The van der Waals surface area contributed by atoms with Gasteiger partial charge in [0, 0.05) is 19.3 Å². The molecule has 0 aliphatic carbocycles. The predicted molar refractivity (Wildman–Crippen MR) is 59.0 cm³/mol. The van der Waals surface area contributed by atoms with Crippen LogP contribution in [0.4, 0.5) is 5.82 Å². The van der Waals surface area contributed by atoms with Crippen molar-refractivity contribution in [2.24, 2.45) is 5.92 Å². The van der Waals surface area contributed by atoms with Gasteiger partial charge in [-0.05, 0) is 30.0 Å². The van der Waals surface area contributed by atoms with E-state index in [1.165, 1.54) is 0 Å². The Morgan fingerprint density at radius 2 is 2.33 bits per heavy atom. The van der Waals surface area contributed by atoms with Gasteiger partial charge in [0.25, 0.3) is 0 Å². The zero-order valence-corrected chi connectivity index (χ0v) is 9.35. The second-order valence-electron chi connectivity index (χ2n) is 4.08. The van der Waals surface area contributed by atoms with Crippen LogP contribution < -0.4 is 4.90 Å². The third-order valence-electron chi connectivity index (χ3n) is 2.57. The van der Waals surface area contributed by atoms with Crippen LogP contribution in [0.25, 0.3) is 0 Å². The number of anilines is 1. The van der Waals surface area contributed by atoms with Crippen molar-refractivity contribution >= 4 is 17.4 Å². The molecule has 1 N–H and O–H groups in total. The van der Waals surface area contributed by atoms with Crippen molar-refractivity contribution < 1.29 is 5.11 Å². The molecule has 0 bridgehead atoms. The van der Waals surface area contributed by atoms with Gasteiger partial charge in [-0.2, -0.15) is 0 Å². The van der Waals surface area contributed by atoms with Gasteiger partial charge in [0.05, 0.1) is 6.10 Å². The second-order valence-corrected chi connectivity index (χ2v) is 4.42. The summed E-state index contributed by atoms with van der Waals surface area (Å²) in [6.45, 7) is 3.65. The fraction of sp³-hybridized carbons (Fsp3) is 0.600. The summed E-state index contributed by atoms with van der Waals surface area (Å²) >= 11 is 5.73. The maximum atomic E-state index is 9.66. The van der Waals surface area contributed by atoms with Crippen LogP contribution in [-0.4, -0.2) is 34.3 Å². The lowest BCUT2D eigenvalue weighted by atomic mass is 9.98. The molecule has 4 nitrogen and oxygen atoms in total. The Labute approximate surface area is 93.9 Å². The van der Waals surface area contributed by atoms with Crippen LogP contribution in [0.2, 0.25) is 5.28 Å². The minimum absolute atomic E-state index is 0.250. The van der Waals surface area contributed by atoms with Crippen molar-refractivity contribution in [2.75, 3.05) is 18.0 Å². The molecule has 2 heterocycles. The summed E-state index contributed by atoms with van der Waals surface area (Å²) < 4.78 is 0. The number of hydrogen-bond acceptors (Lipinski definition) is 4. The molecule has 2 rings (SSSR count). The van der Waals surface area contributed by atoms with Crippen molar-refractivity contribution in [1.29, 1.82) is 0 Å². The molecule has 1 aliphatic rings. The summed E-state index contributed by atoms with van der Waals surface area (Å²) in [6, 6.07) is 1.82. The van der Waals surface area contributed by atoms with Gasteiger partial charge >= 0.3 is 0 Å². The molecule has 1 aromatic heterocycles. The van der Waals surface area contributed by atoms with Gasteiger partial charge in [-0.1, -0.05) is 6.92 Å². The topological polar surface area (TPSA) is 49.2 Å².